The van der Waals surface area contributed by atoms with Crippen LogP contribution in [0.5, 0.6) is 5.75 Å². The van der Waals surface area contributed by atoms with Crippen LogP contribution in [0.15, 0.2) is 36.5 Å². The summed E-state index contributed by atoms with van der Waals surface area (Å²) in [6.45, 7) is 0.537. The first kappa shape index (κ1) is 12.0. The fourth-order valence-corrected chi connectivity index (χ4v) is 1.67. The van der Waals surface area contributed by atoms with E-state index in [0.717, 1.165) is 11.3 Å². The van der Waals surface area contributed by atoms with Crippen molar-refractivity contribution in [3.05, 3.63) is 47.8 Å². The Morgan fingerprint density at radius 2 is 2.28 bits per heavy atom. The third-order valence-electron chi connectivity index (χ3n) is 2.58. The van der Waals surface area contributed by atoms with Gasteiger partial charge in [-0.2, -0.15) is 0 Å². The first-order valence-electron chi connectivity index (χ1n) is 5.48. The van der Waals surface area contributed by atoms with Crippen LogP contribution >= 0.6 is 0 Å². The number of hydrogen-bond donors (Lipinski definition) is 3. The Bertz CT molecular complexity index is 549. The summed E-state index contributed by atoms with van der Waals surface area (Å²) in [5.74, 6) is -0.199. The molecule has 0 spiro atoms. The minimum atomic E-state index is -0.979. The molecule has 0 aliphatic rings. The number of methoxy groups -OCH3 is 1. The summed E-state index contributed by atoms with van der Waals surface area (Å²) in [5.41, 5.74) is 1.76. The molecule has 0 saturated carbocycles. The second-order valence-electron chi connectivity index (χ2n) is 3.78. The number of benzene rings is 1. The van der Waals surface area contributed by atoms with Crippen LogP contribution in [0.4, 0.5) is 5.69 Å². The van der Waals surface area contributed by atoms with E-state index in [1.54, 1.807) is 19.4 Å². The van der Waals surface area contributed by atoms with Crippen molar-refractivity contribution >= 4 is 11.7 Å². The number of ether oxygens (including phenoxy) is 1. The minimum Gasteiger partial charge on any atom is -0.497 e. The second-order valence-corrected chi connectivity index (χ2v) is 3.78. The Morgan fingerprint density at radius 3 is 3.00 bits per heavy atom. The van der Waals surface area contributed by atoms with Gasteiger partial charge in [-0.3, -0.25) is 0 Å². The van der Waals surface area contributed by atoms with E-state index in [1.165, 1.54) is 0 Å². The summed E-state index contributed by atoms with van der Waals surface area (Å²) in [6.07, 6.45) is 1.59. The monoisotopic (exact) mass is 246 g/mol. The predicted octanol–water partition coefficient (Wildman–Crippen LogP) is 2.33. The zero-order valence-electron chi connectivity index (χ0n) is 9.93. The lowest BCUT2D eigenvalue weighted by Gasteiger charge is -2.07. The summed E-state index contributed by atoms with van der Waals surface area (Å²) in [7, 11) is 1.61. The van der Waals surface area contributed by atoms with Crippen molar-refractivity contribution in [1.82, 2.24) is 4.98 Å². The van der Waals surface area contributed by atoms with Crippen molar-refractivity contribution in [3.63, 3.8) is 0 Å². The van der Waals surface area contributed by atoms with Crippen molar-refractivity contribution in [2.75, 3.05) is 12.4 Å². The maximum absolute atomic E-state index is 10.9. The molecule has 94 valence electrons. The number of carboxylic acids is 1. The summed E-state index contributed by atoms with van der Waals surface area (Å²) in [6, 6.07) is 9.31. The fraction of sp³-hybridized carbons (Fsp3) is 0.154. The number of aromatic carboxylic acids is 1. The molecule has 2 aromatic rings. The van der Waals surface area contributed by atoms with Crippen LogP contribution < -0.4 is 10.1 Å². The van der Waals surface area contributed by atoms with Gasteiger partial charge in [0.15, 0.2) is 0 Å². The highest BCUT2D eigenvalue weighted by Crippen LogP contribution is 2.17. The molecular weight excluding hydrogens is 232 g/mol. The lowest BCUT2D eigenvalue weighted by atomic mass is 10.2. The third kappa shape index (κ3) is 2.63. The fourth-order valence-electron chi connectivity index (χ4n) is 1.67. The number of carbonyl (C=O) groups is 1. The number of rotatable bonds is 5. The molecule has 2 rings (SSSR count). The van der Waals surface area contributed by atoms with Crippen molar-refractivity contribution in [1.29, 1.82) is 0 Å². The van der Waals surface area contributed by atoms with E-state index in [1.807, 2.05) is 24.3 Å². The number of carboxylic acid groups (broad SMARTS) is 1. The van der Waals surface area contributed by atoms with Crippen molar-refractivity contribution < 1.29 is 14.6 Å². The Kier molecular flexibility index (Phi) is 3.52. The third-order valence-corrected chi connectivity index (χ3v) is 2.58. The summed E-state index contributed by atoms with van der Waals surface area (Å²) in [5, 5.41) is 12.0. The summed E-state index contributed by atoms with van der Waals surface area (Å²) >= 11 is 0. The summed E-state index contributed by atoms with van der Waals surface area (Å²) in [4.78, 5) is 13.6. The molecular formula is C13H14N2O3. The summed E-state index contributed by atoms with van der Waals surface area (Å²) < 4.78 is 5.13. The minimum absolute atomic E-state index is 0.165. The molecule has 1 aromatic heterocycles. The number of aromatic nitrogens is 1. The van der Waals surface area contributed by atoms with Gasteiger partial charge in [0.2, 0.25) is 0 Å². The highest BCUT2D eigenvalue weighted by Gasteiger charge is 2.10. The van der Waals surface area contributed by atoms with Gasteiger partial charge >= 0.3 is 5.97 Å². The van der Waals surface area contributed by atoms with Crippen LogP contribution in [-0.4, -0.2) is 23.2 Å². The van der Waals surface area contributed by atoms with Crippen LogP contribution in [0.25, 0.3) is 0 Å². The van der Waals surface area contributed by atoms with Gasteiger partial charge in [0.05, 0.1) is 12.8 Å². The van der Waals surface area contributed by atoms with Crippen molar-refractivity contribution in [2.24, 2.45) is 0 Å². The first-order chi connectivity index (χ1) is 8.70. The number of H-pyrrole nitrogens is 1. The van der Waals surface area contributed by atoms with E-state index >= 15 is 0 Å². The van der Waals surface area contributed by atoms with Gasteiger partial charge in [-0.15, -0.1) is 0 Å². The standard InChI is InChI=1S/C13H14N2O3/c1-18-10-4-2-3-9(7-10)8-15-11-5-6-14-12(11)13(16)17/h2-7,14-15H,8H2,1H3,(H,16,17). The van der Waals surface area contributed by atoms with Crippen molar-refractivity contribution in [2.45, 2.75) is 6.54 Å². The van der Waals surface area contributed by atoms with E-state index in [9.17, 15) is 4.79 Å². The van der Waals surface area contributed by atoms with E-state index in [2.05, 4.69) is 10.3 Å². The largest absolute Gasteiger partial charge is 0.497 e. The SMILES string of the molecule is COc1cccc(CNc2cc[nH]c2C(=O)O)c1. The van der Waals surface area contributed by atoms with E-state index in [4.69, 9.17) is 9.84 Å². The molecule has 5 heteroatoms. The lowest BCUT2D eigenvalue weighted by Crippen LogP contribution is -2.05. The highest BCUT2D eigenvalue weighted by molar-refractivity contribution is 5.92. The number of hydrogen-bond acceptors (Lipinski definition) is 3. The average molecular weight is 246 g/mol. The van der Waals surface area contributed by atoms with Gasteiger partial charge in [0.25, 0.3) is 0 Å². The molecule has 0 aliphatic carbocycles. The average Bonchev–Trinajstić information content (AvgIpc) is 2.85. The number of nitrogens with one attached hydrogen (secondary N) is 2. The van der Waals surface area contributed by atoms with Crippen LogP contribution in [0.2, 0.25) is 0 Å². The molecule has 0 bridgehead atoms. The van der Waals surface area contributed by atoms with Gasteiger partial charge in [0, 0.05) is 12.7 Å². The molecule has 18 heavy (non-hydrogen) atoms. The molecule has 0 atom stereocenters. The zero-order valence-corrected chi connectivity index (χ0v) is 9.93. The highest BCUT2D eigenvalue weighted by atomic mass is 16.5. The normalized spacial score (nSPS) is 10.1. The quantitative estimate of drug-likeness (QED) is 0.757. The molecule has 0 fully saturated rings. The molecule has 3 N–H and O–H groups in total. The maximum atomic E-state index is 10.9. The molecule has 1 aromatic carbocycles. The molecule has 0 unspecified atom stereocenters. The Hall–Kier alpha value is -2.43. The van der Waals surface area contributed by atoms with Gasteiger partial charge in [0.1, 0.15) is 11.4 Å². The van der Waals surface area contributed by atoms with Gasteiger partial charge in [-0.05, 0) is 23.8 Å². The lowest BCUT2D eigenvalue weighted by molar-refractivity contribution is 0.0692. The van der Waals surface area contributed by atoms with Crippen LogP contribution in [0, 0.1) is 0 Å². The van der Waals surface area contributed by atoms with Crippen molar-refractivity contribution in [3.8, 4) is 5.75 Å². The predicted molar refractivity (Wildman–Crippen MR) is 68.1 cm³/mol. The number of anilines is 1. The Labute approximate surface area is 104 Å². The Morgan fingerprint density at radius 1 is 1.44 bits per heavy atom. The van der Waals surface area contributed by atoms with E-state index in [-0.39, 0.29) is 5.69 Å². The van der Waals surface area contributed by atoms with Gasteiger partial charge in [-0.1, -0.05) is 12.1 Å². The van der Waals surface area contributed by atoms with E-state index < -0.39 is 5.97 Å². The molecule has 0 radical (unpaired) electrons. The topological polar surface area (TPSA) is 74.3 Å². The second kappa shape index (κ2) is 5.27. The molecule has 5 nitrogen and oxygen atoms in total. The molecule has 0 amide bonds. The molecule has 0 saturated heterocycles. The molecule has 1 heterocycles. The van der Waals surface area contributed by atoms with Gasteiger partial charge in [-0.25, -0.2) is 4.79 Å². The maximum Gasteiger partial charge on any atom is 0.354 e. The Balaban J connectivity index is 2.06. The first-order valence-corrected chi connectivity index (χ1v) is 5.48. The van der Waals surface area contributed by atoms with Crippen LogP contribution in [0.3, 0.4) is 0 Å². The molecule has 0 aliphatic heterocycles. The van der Waals surface area contributed by atoms with E-state index in [0.29, 0.717) is 12.2 Å². The van der Waals surface area contributed by atoms with Crippen LogP contribution in [-0.2, 0) is 6.54 Å². The zero-order chi connectivity index (χ0) is 13.0. The van der Waals surface area contributed by atoms with Crippen LogP contribution in [0.1, 0.15) is 16.1 Å². The van der Waals surface area contributed by atoms with Gasteiger partial charge < -0.3 is 20.1 Å². The number of aromatic amines is 1. The smallest absolute Gasteiger partial charge is 0.354 e.